The van der Waals surface area contributed by atoms with E-state index in [0.29, 0.717) is 6.54 Å². The van der Waals surface area contributed by atoms with Crippen molar-refractivity contribution in [3.63, 3.8) is 0 Å². The highest BCUT2D eigenvalue weighted by atomic mass is 79.9. The molecule has 18 heavy (non-hydrogen) atoms. The Hall–Kier alpha value is -1.17. The third-order valence-electron chi connectivity index (χ3n) is 2.57. The highest BCUT2D eigenvalue weighted by Crippen LogP contribution is 2.16. The standard InChI is InChI=1S/C12H19BrN4O/c1-5-10-14-9(13)7-11(15-10)17(6-2)8-12(18)16(3)4/h7H,5-6,8H2,1-4H3. The summed E-state index contributed by atoms with van der Waals surface area (Å²) in [5, 5.41) is 0. The number of carbonyl (C=O) groups excluding carboxylic acids is 1. The second-order valence-electron chi connectivity index (χ2n) is 4.12. The first-order valence-corrected chi connectivity index (χ1v) is 6.75. The summed E-state index contributed by atoms with van der Waals surface area (Å²) in [6, 6.07) is 1.84. The lowest BCUT2D eigenvalue weighted by Crippen LogP contribution is -2.37. The number of anilines is 1. The molecule has 5 nitrogen and oxygen atoms in total. The molecule has 0 aliphatic carbocycles. The van der Waals surface area contributed by atoms with E-state index in [2.05, 4.69) is 25.9 Å². The number of aromatic nitrogens is 2. The molecule has 0 spiro atoms. The van der Waals surface area contributed by atoms with Crippen molar-refractivity contribution in [3.8, 4) is 0 Å². The SMILES string of the molecule is CCc1nc(Br)cc(N(CC)CC(=O)N(C)C)n1. The van der Waals surface area contributed by atoms with E-state index in [4.69, 9.17) is 0 Å². The maximum absolute atomic E-state index is 11.8. The van der Waals surface area contributed by atoms with Crippen LogP contribution in [0.2, 0.25) is 0 Å². The number of carbonyl (C=O) groups is 1. The van der Waals surface area contributed by atoms with E-state index in [1.807, 2.05) is 24.8 Å². The number of likely N-dealkylation sites (N-methyl/N-ethyl adjacent to an activating group) is 2. The van der Waals surface area contributed by atoms with E-state index in [1.165, 1.54) is 0 Å². The zero-order valence-electron chi connectivity index (χ0n) is 11.3. The Morgan fingerprint density at radius 1 is 1.33 bits per heavy atom. The Morgan fingerprint density at radius 3 is 2.50 bits per heavy atom. The van der Waals surface area contributed by atoms with Crippen LogP contribution in [-0.2, 0) is 11.2 Å². The molecule has 0 unspecified atom stereocenters. The van der Waals surface area contributed by atoms with Gasteiger partial charge < -0.3 is 9.80 Å². The van der Waals surface area contributed by atoms with Crippen LogP contribution in [0.3, 0.4) is 0 Å². The van der Waals surface area contributed by atoms with Crippen molar-refractivity contribution in [1.82, 2.24) is 14.9 Å². The van der Waals surface area contributed by atoms with Crippen molar-refractivity contribution in [2.75, 3.05) is 32.1 Å². The Labute approximate surface area is 116 Å². The number of hydrogen-bond donors (Lipinski definition) is 0. The Kier molecular flexibility index (Phi) is 5.53. The van der Waals surface area contributed by atoms with Gasteiger partial charge in [-0.3, -0.25) is 4.79 Å². The van der Waals surface area contributed by atoms with Crippen LogP contribution in [0.15, 0.2) is 10.7 Å². The molecule has 1 amide bonds. The molecular weight excluding hydrogens is 296 g/mol. The van der Waals surface area contributed by atoms with E-state index in [-0.39, 0.29) is 5.91 Å². The average molecular weight is 315 g/mol. The summed E-state index contributed by atoms with van der Waals surface area (Å²) >= 11 is 3.37. The molecule has 0 radical (unpaired) electrons. The summed E-state index contributed by atoms with van der Waals surface area (Å²) in [4.78, 5) is 24.0. The fourth-order valence-corrected chi connectivity index (χ4v) is 1.84. The highest BCUT2D eigenvalue weighted by Gasteiger charge is 2.14. The number of hydrogen-bond acceptors (Lipinski definition) is 4. The first-order chi connectivity index (χ1) is 8.47. The average Bonchev–Trinajstić information content (AvgIpc) is 2.34. The van der Waals surface area contributed by atoms with Gasteiger partial charge in [0.2, 0.25) is 5.91 Å². The summed E-state index contributed by atoms with van der Waals surface area (Å²) in [5.41, 5.74) is 0. The number of halogens is 1. The van der Waals surface area contributed by atoms with Crippen molar-refractivity contribution in [3.05, 3.63) is 16.5 Å². The van der Waals surface area contributed by atoms with Gasteiger partial charge in [0.1, 0.15) is 16.2 Å². The molecule has 6 heteroatoms. The molecule has 0 fully saturated rings. The quantitative estimate of drug-likeness (QED) is 0.776. The predicted octanol–water partition coefficient (Wildman–Crippen LogP) is 1.72. The Balaban J connectivity index is 2.94. The van der Waals surface area contributed by atoms with Gasteiger partial charge in [-0.25, -0.2) is 9.97 Å². The molecule has 1 rings (SSSR count). The monoisotopic (exact) mass is 314 g/mol. The normalized spacial score (nSPS) is 10.3. The smallest absolute Gasteiger partial charge is 0.241 e. The first-order valence-electron chi connectivity index (χ1n) is 5.96. The number of nitrogens with zero attached hydrogens (tertiary/aromatic N) is 4. The molecule has 0 N–H and O–H groups in total. The summed E-state index contributed by atoms with van der Waals surface area (Å²) in [7, 11) is 3.51. The van der Waals surface area contributed by atoms with E-state index in [1.54, 1.807) is 19.0 Å². The minimum Gasteiger partial charge on any atom is -0.347 e. The molecule has 0 saturated carbocycles. The third-order valence-corrected chi connectivity index (χ3v) is 2.98. The number of aryl methyl sites for hydroxylation is 1. The lowest BCUT2D eigenvalue weighted by Gasteiger charge is -2.23. The molecule has 0 aromatic carbocycles. The van der Waals surface area contributed by atoms with E-state index in [9.17, 15) is 4.79 Å². The van der Waals surface area contributed by atoms with Crippen LogP contribution in [-0.4, -0.2) is 48.0 Å². The van der Waals surface area contributed by atoms with Crippen molar-refractivity contribution in [2.24, 2.45) is 0 Å². The molecule has 0 aliphatic heterocycles. The van der Waals surface area contributed by atoms with Crippen LogP contribution in [0, 0.1) is 0 Å². The molecule has 0 saturated heterocycles. The van der Waals surface area contributed by atoms with Gasteiger partial charge >= 0.3 is 0 Å². The highest BCUT2D eigenvalue weighted by molar-refractivity contribution is 9.10. The van der Waals surface area contributed by atoms with Gasteiger partial charge in [-0.05, 0) is 22.9 Å². The molecule has 1 heterocycles. The second kappa shape index (κ2) is 6.68. The summed E-state index contributed by atoms with van der Waals surface area (Å²) < 4.78 is 0.750. The van der Waals surface area contributed by atoms with Gasteiger partial charge in [-0.1, -0.05) is 6.92 Å². The number of amides is 1. The van der Waals surface area contributed by atoms with Crippen molar-refractivity contribution in [2.45, 2.75) is 20.3 Å². The third kappa shape index (κ3) is 3.94. The van der Waals surface area contributed by atoms with Gasteiger partial charge in [0.25, 0.3) is 0 Å². The topological polar surface area (TPSA) is 49.3 Å². The maximum Gasteiger partial charge on any atom is 0.241 e. The molecule has 0 aliphatic rings. The second-order valence-corrected chi connectivity index (χ2v) is 4.93. The Morgan fingerprint density at radius 2 is 2.00 bits per heavy atom. The van der Waals surface area contributed by atoms with Gasteiger partial charge in [0.15, 0.2) is 0 Å². The minimum atomic E-state index is 0.0598. The van der Waals surface area contributed by atoms with Gasteiger partial charge in [-0.15, -0.1) is 0 Å². The first kappa shape index (κ1) is 14.9. The number of rotatable bonds is 5. The minimum absolute atomic E-state index is 0.0598. The van der Waals surface area contributed by atoms with Crippen molar-refractivity contribution >= 4 is 27.7 Å². The van der Waals surface area contributed by atoms with Gasteiger partial charge in [0.05, 0.1) is 6.54 Å². The van der Waals surface area contributed by atoms with Crippen LogP contribution in [0.5, 0.6) is 0 Å². The molecular formula is C12H19BrN4O. The largest absolute Gasteiger partial charge is 0.347 e. The van der Waals surface area contributed by atoms with Crippen LogP contribution in [0.4, 0.5) is 5.82 Å². The lowest BCUT2D eigenvalue weighted by molar-refractivity contribution is -0.127. The van der Waals surface area contributed by atoms with Crippen molar-refractivity contribution in [1.29, 1.82) is 0 Å². The van der Waals surface area contributed by atoms with Crippen LogP contribution >= 0.6 is 15.9 Å². The van der Waals surface area contributed by atoms with E-state index >= 15 is 0 Å². The lowest BCUT2D eigenvalue weighted by atomic mass is 10.4. The summed E-state index contributed by atoms with van der Waals surface area (Å²) in [6.07, 6.45) is 0.769. The fourth-order valence-electron chi connectivity index (χ4n) is 1.43. The fraction of sp³-hybridized carbons (Fsp3) is 0.583. The summed E-state index contributed by atoms with van der Waals surface area (Å²) in [5.74, 6) is 1.62. The molecule has 1 aromatic heterocycles. The molecule has 0 atom stereocenters. The zero-order chi connectivity index (χ0) is 13.7. The van der Waals surface area contributed by atoms with Crippen LogP contribution < -0.4 is 4.90 Å². The van der Waals surface area contributed by atoms with Gasteiger partial charge in [-0.2, -0.15) is 0 Å². The maximum atomic E-state index is 11.8. The van der Waals surface area contributed by atoms with Crippen LogP contribution in [0.25, 0.3) is 0 Å². The molecule has 1 aromatic rings. The molecule has 0 bridgehead atoms. The Bertz CT molecular complexity index is 423. The van der Waals surface area contributed by atoms with Crippen LogP contribution in [0.1, 0.15) is 19.7 Å². The van der Waals surface area contributed by atoms with Gasteiger partial charge in [0, 0.05) is 33.1 Å². The zero-order valence-corrected chi connectivity index (χ0v) is 12.9. The summed E-state index contributed by atoms with van der Waals surface area (Å²) in [6.45, 7) is 5.07. The molecule has 100 valence electrons. The predicted molar refractivity (Wildman–Crippen MR) is 75.7 cm³/mol. The van der Waals surface area contributed by atoms with Crippen molar-refractivity contribution < 1.29 is 4.79 Å². The van der Waals surface area contributed by atoms with E-state index in [0.717, 1.165) is 29.2 Å². The van der Waals surface area contributed by atoms with E-state index < -0.39 is 0 Å².